The number of ether oxygens (including phenoxy) is 3. The first kappa shape index (κ1) is 20.1. The molecule has 1 atom stereocenters. The fourth-order valence-corrected chi connectivity index (χ4v) is 3.00. The molecule has 0 aromatic heterocycles. The van der Waals surface area contributed by atoms with Gasteiger partial charge < -0.3 is 19.5 Å². The first-order valence-electron chi connectivity index (χ1n) is 8.48. The second-order valence-electron chi connectivity index (χ2n) is 5.90. The van der Waals surface area contributed by atoms with Gasteiger partial charge in [0.05, 0.1) is 13.7 Å². The Balaban J connectivity index is 0.00000243. The molecule has 0 bridgehead atoms. The third kappa shape index (κ3) is 4.48. The van der Waals surface area contributed by atoms with Gasteiger partial charge >= 0.3 is 5.97 Å². The van der Waals surface area contributed by atoms with Gasteiger partial charge in [0.25, 0.3) is 0 Å². The van der Waals surface area contributed by atoms with Crippen molar-refractivity contribution in [1.29, 1.82) is 0 Å². The minimum atomic E-state index is -0.362. The molecule has 0 saturated heterocycles. The summed E-state index contributed by atoms with van der Waals surface area (Å²) in [6.07, 6.45) is 0.523. The summed E-state index contributed by atoms with van der Waals surface area (Å²) in [7, 11) is 1.63. The van der Waals surface area contributed by atoms with Crippen LogP contribution in [-0.2, 0) is 29.1 Å². The molecule has 3 rings (SSSR count). The van der Waals surface area contributed by atoms with Gasteiger partial charge in [-0.15, -0.1) is 12.4 Å². The van der Waals surface area contributed by atoms with E-state index in [1.165, 1.54) is 0 Å². The van der Waals surface area contributed by atoms with Gasteiger partial charge in [-0.1, -0.05) is 36.4 Å². The average Bonchev–Trinajstić information content (AvgIpc) is 2.66. The molecule has 5 nitrogen and oxygen atoms in total. The number of hydrogen-bond donors (Lipinski definition) is 1. The number of esters is 1. The highest BCUT2D eigenvalue weighted by Gasteiger charge is 2.29. The van der Waals surface area contributed by atoms with Crippen LogP contribution in [0.5, 0.6) is 11.5 Å². The molecule has 140 valence electrons. The van der Waals surface area contributed by atoms with Crippen molar-refractivity contribution in [2.24, 2.45) is 0 Å². The van der Waals surface area contributed by atoms with Gasteiger partial charge in [-0.25, -0.2) is 0 Å². The van der Waals surface area contributed by atoms with E-state index in [1.54, 1.807) is 7.11 Å². The van der Waals surface area contributed by atoms with Crippen molar-refractivity contribution in [1.82, 2.24) is 5.32 Å². The van der Waals surface area contributed by atoms with E-state index in [4.69, 9.17) is 14.2 Å². The maximum absolute atomic E-state index is 12.1. The van der Waals surface area contributed by atoms with Gasteiger partial charge in [-0.05, 0) is 24.1 Å². The Morgan fingerprint density at radius 2 is 1.96 bits per heavy atom. The molecule has 0 aliphatic carbocycles. The predicted molar refractivity (Wildman–Crippen MR) is 102 cm³/mol. The lowest BCUT2D eigenvalue weighted by molar-refractivity contribution is -0.145. The minimum absolute atomic E-state index is 0. The Hall–Kier alpha value is -2.24. The van der Waals surface area contributed by atoms with Crippen LogP contribution in [0.2, 0.25) is 0 Å². The molecule has 1 aliphatic heterocycles. The van der Waals surface area contributed by atoms with Gasteiger partial charge in [0.15, 0.2) is 11.5 Å². The fourth-order valence-electron chi connectivity index (χ4n) is 3.00. The fraction of sp³-hybridized carbons (Fsp3) is 0.350. The SMILES string of the molecule is CCOC(=O)C1Cc2c(ccc(OC)c2OCc2ccccc2)CN1.Cl. The quantitative estimate of drug-likeness (QED) is 0.783. The van der Waals surface area contributed by atoms with E-state index >= 15 is 0 Å². The highest BCUT2D eigenvalue weighted by molar-refractivity contribution is 5.85. The molecule has 26 heavy (non-hydrogen) atoms. The molecule has 1 heterocycles. The van der Waals surface area contributed by atoms with Crippen molar-refractivity contribution in [2.45, 2.75) is 32.5 Å². The number of halogens is 1. The summed E-state index contributed by atoms with van der Waals surface area (Å²) in [6, 6.07) is 13.5. The van der Waals surface area contributed by atoms with E-state index in [-0.39, 0.29) is 24.4 Å². The molecule has 6 heteroatoms. The van der Waals surface area contributed by atoms with Crippen LogP contribution < -0.4 is 14.8 Å². The van der Waals surface area contributed by atoms with E-state index < -0.39 is 0 Å². The number of hydrogen-bond acceptors (Lipinski definition) is 5. The van der Waals surface area contributed by atoms with E-state index in [0.29, 0.717) is 37.7 Å². The van der Waals surface area contributed by atoms with Crippen molar-refractivity contribution >= 4 is 18.4 Å². The molecular weight excluding hydrogens is 354 g/mol. The number of benzene rings is 2. The van der Waals surface area contributed by atoms with E-state index in [1.807, 2.05) is 49.4 Å². The molecule has 0 radical (unpaired) electrons. The highest BCUT2D eigenvalue weighted by atomic mass is 35.5. The zero-order chi connectivity index (χ0) is 17.6. The Morgan fingerprint density at radius 1 is 1.19 bits per heavy atom. The lowest BCUT2D eigenvalue weighted by atomic mass is 9.94. The summed E-state index contributed by atoms with van der Waals surface area (Å²) in [6.45, 7) is 3.24. The molecule has 2 aromatic rings. The summed E-state index contributed by atoms with van der Waals surface area (Å²) < 4.78 is 16.7. The largest absolute Gasteiger partial charge is 0.493 e. The van der Waals surface area contributed by atoms with E-state index in [2.05, 4.69) is 5.32 Å². The minimum Gasteiger partial charge on any atom is -0.493 e. The maximum atomic E-state index is 12.1. The van der Waals surface area contributed by atoms with Crippen molar-refractivity contribution in [2.75, 3.05) is 13.7 Å². The molecule has 2 aromatic carbocycles. The molecule has 0 fully saturated rings. The van der Waals surface area contributed by atoms with Gasteiger partial charge in [0.1, 0.15) is 12.6 Å². The molecule has 1 N–H and O–H groups in total. The number of carbonyl (C=O) groups is 1. The lowest BCUT2D eigenvalue weighted by Gasteiger charge is -2.27. The van der Waals surface area contributed by atoms with Crippen molar-refractivity contribution in [3.8, 4) is 11.5 Å². The molecule has 1 aliphatic rings. The van der Waals surface area contributed by atoms with E-state index in [0.717, 1.165) is 16.7 Å². The van der Waals surface area contributed by atoms with Crippen LogP contribution >= 0.6 is 12.4 Å². The van der Waals surface area contributed by atoms with Gasteiger partial charge in [-0.3, -0.25) is 4.79 Å². The van der Waals surface area contributed by atoms with Crippen LogP contribution in [0.1, 0.15) is 23.6 Å². The third-order valence-electron chi connectivity index (χ3n) is 4.29. The van der Waals surface area contributed by atoms with Crippen molar-refractivity contribution < 1.29 is 19.0 Å². The molecule has 1 unspecified atom stereocenters. The van der Waals surface area contributed by atoms with Crippen LogP contribution in [0.15, 0.2) is 42.5 Å². The summed E-state index contributed by atoms with van der Waals surface area (Å²) in [4.78, 5) is 12.1. The Kier molecular flexibility index (Phi) is 7.30. The normalized spacial score (nSPS) is 15.4. The number of methoxy groups -OCH3 is 1. The zero-order valence-corrected chi connectivity index (χ0v) is 15.8. The summed E-state index contributed by atoms with van der Waals surface area (Å²) in [5, 5.41) is 3.23. The summed E-state index contributed by atoms with van der Waals surface area (Å²) in [5.41, 5.74) is 3.20. The molecule has 0 saturated carbocycles. The highest BCUT2D eigenvalue weighted by Crippen LogP contribution is 2.37. The van der Waals surface area contributed by atoms with Gasteiger partial charge in [0.2, 0.25) is 0 Å². The second-order valence-corrected chi connectivity index (χ2v) is 5.90. The summed E-state index contributed by atoms with van der Waals surface area (Å²) in [5.74, 6) is 1.16. The smallest absolute Gasteiger partial charge is 0.323 e. The van der Waals surface area contributed by atoms with E-state index in [9.17, 15) is 4.79 Å². The number of rotatable bonds is 6. The van der Waals surface area contributed by atoms with Crippen molar-refractivity contribution in [3.05, 3.63) is 59.2 Å². The van der Waals surface area contributed by atoms with Crippen LogP contribution in [0, 0.1) is 0 Å². The third-order valence-corrected chi connectivity index (χ3v) is 4.29. The second kappa shape index (κ2) is 9.46. The van der Waals surface area contributed by atoms with Crippen LogP contribution in [0.4, 0.5) is 0 Å². The van der Waals surface area contributed by atoms with Crippen LogP contribution in [0.25, 0.3) is 0 Å². The van der Waals surface area contributed by atoms with Crippen molar-refractivity contribution in [3.63, 3.8) is 0 Å². The standard InChI is InChI=1S/C20H23NO4.ClH/c1-3-24-20(22)17-11-16-15(12-21-17)9-10-18(23-2)19(16)25-13-14-7-5-4-6-8-14;/h4-10,17,21H,3,11-13H2,1-2H3;1H. The number of nitrogens with one attached hydrogen (secondary N) is 1. The van der Waals surface area contributed by atoms with Gasteiger partial charge in [0, 0.05) is 18.5 Å². The lowest BCUT2D eigenvalue weighted by Crippen LogP contribution is -2.42. The average molecular weight is 378 g/mol. The van der Waals surface area contributed by atoms with Crippen LogP contribution in [0.3, 0.4) is 0 Å². The molecular formula is C20H24ClNO4. The molecule has 0 amide bonds. The topological polar surface area (TPSA) is 56.8 Å². The predicted octanol–water partition coefficient (Wildman–Crippen LogP) is 3.27. The number of fused-ring (bicyclic) bond motifs is 1. The first-order valence-corrected chi connectivity index (χ1v) is 8.48. The zero-order valence-electron chi connectivity index (χ0n) is 15.0. The van der Waals surface area contributed by atoms with Gasteiger partial charge in [-0.2, -0.15) is 0 Å². The summed E-state index contributed by atoms with van der Waals surface area (Å²) >= 11 is 0. The Bertz CT molecular complexity index is 736. The number of carbonyl (C=O) groups excluding carboxylic acids is 1. The monoisotopic (exact) mass is 377 g/mol. The Labute approximate surface area is 160 Å². The maximum Gasteiger partial charge on any atom is 0.323 e. The first-order chi connectivity index (χ1) is 12.2. The Morgan fingerprint density at radius 3 is 2.65 bits per heavy atom. The molecule has 0 spiro atoms. The van der Waals surface area contributed by atoms with Crippen LogP contribution in [-0.4, -0.2) is 25.7 Å².